The minimum Gasteiger partial charge on any atom is -0.455 e. The van der Waals surface area contributed by atoms with E-state index in [2.05, 4.69) is 18.5 Å². The van der Waals surface area contributed by atoms with E-state index in [-0.39, 0.29) is 44.4 Å². The van der Waals surface area contributed by atoms with Gasteiger partial charge in [0.25, 0.3) is 5.91 Å². The number of allylic oxidation sites excluding steroid dienone is 1. The van der Waals surface area contributed by atoms with Gasteiger partial charge in [-0.2, -0.15) is 0 Å². The maximum Gasteiger partial charge on any atom is 0.313 e. The second kappa shape index (κ2) is 15.1. The average molecular weight is 678 g/mol. The second-order valence-corrected chi connectivity index (χ2v) is 13.2. The molecule has 3 saturated heterocycles. The van der Waals surface area contributed by atoms with Crippen molar-refractivity contribution in [1.29, 1.82) is 0 Å². The quantitative estimate of drug-likeness (QED) is 0.207. The zero-order chi connectivity index (χ0) is 34.6. The van der Waals surface area contributed by atoms with Crippen molar-refractivity contribution >= 4 is 41.0 Å². The Morgan fingerprint density at radius 3 is 2.60 bits per heavy atom. The number of rotatable bonds is 15. The molecule has 48 heavy (non-hydrogen) atoms. The highest BCUT2D eigenvalue weighted by Gasteiger charge is 2.75. The van der Waals surface area contributed by atoms with Crippen LogP contribution in [0.4, 0.5) is 5.69 Å². The van der Waals surface area contributed by atoms with Crippen molar-refractivity contribution in [3.8, 4) is 0 Å². The molecule has 3 amide bonds. The molecular weight excluding hydrogens is 634 g/mol. The van der Waals surface area contributed by atoms with Crippen LogP contribution in [-0.2, 0) is 28.7 Å². The topological polar surface area (TPSA) is 125 Å². The van der Waals surface area contributed by atoms with Gasteiger partial charge in [0, 0.05) is 26.1 Å². The lowest BCUT2D eigenvalue weighted by atomic mass is 9.70. The van der Waals surface area contributed by atoms with Crippen LogP contribution in [0.15, 0.2) is 73.8 Å². The zero-order valence-electron chi connectivity index (χ0n) is 27.5. The van der Waals surface area contributed by atoms with Crippen molar-refractivity contribution in [3.63, 3.8) is 0 Å². The van der Waals surface area contributed by atoms with Crippen LogP contribution in [-0.4, -0.2) is 77.2 Å². The molecule has 0 aliphatic carbocycles. The van der Waals surface area contributed by atoms with Gasteiger partial charge in [0.2, 0.25) is 11.8 Å². The van der Waals surface area contributed by atoms with Gasteiger partial charge in [-0.25, -0.2) is 0 Å². The number of aryl methyl sites for hydroxylation is 1. The van der Waals surface area contributed by atoms with E-state index in [1.165, 1.54) is 9.80 Å². The molecule has 1 spiro atoms. The summed E-state index contributed by atoms with van der Waals surface area (Å²) in [5, 5.41) is 13.0. The lowest BCUT2D eigenvalue weighted by Crippen LogP contribution is -2.56. The van der Waals surface area contributed by atoms with Gasteiger partial charge >= 0.3 is 5.97 Å². The van der Waals surface area contributed by atoms with Crippen molar-refractivity contribution in [1.82, 2.24) is 10.2 Å². The van der Waals surface area contributed by atoms with E-state index >= 15 is 0 Å². The summed E-state index contributed by atoms with van der Waals surface area (Å²) in [6.07, 6.45) is 3.63. The maximum absolute atomic E-state index is 14.7. The summed E-state index contributed by atoms with van der Waals surface area (Å²) >= 11 is 6.63. The minimum absolute atomic E-state index is 0.101. The number of anilines is 1. The predicted molar refractivity (Wildman–Crippen MR) is 182 cm³/mol. The molecule has 0 radical (unpaired) electrons. The summed E-state index contributed by atoms with van der Waals surface area (Å²) in [6.45, 7) is 11.2. The summed E-state index contributed by atoms with van der Waals surface area (Å²) in [5.41, 5.74) is 0.691. The third-order valence-electron chi connectivity index (χ3n) is 9.69. The molecule has 256 valence electrons. The van der Waals surface area contributed by atoms with Crippen LogP contribution in [0.2, 0.25) is 5.02 Å². The Morgan fingerprint density at radius 1 is 1.19 bits per heavy atom. The van der Waals surface area contributed by atoms with E-state index in [0.29, 0.717) is 35.5 Å². The van der Waals surface area contributed by atoms with Gasteiger partial charge in [-0.05, 0) is 56.7 Å². The Labute approximate surface area is 286 Å². The molecule has 7 atom stereocenters. The first-order chi connectivity index (χ1) is 23.1. The smallest absolute Gasteiger partial charge is 0.313 e. The number of nitrogens with one attached hydrogen (secondary N) is 1. The second-order valence-electron chi connectivity index (χ2n) is 12.8. The fourth-order valence-corrected chi connectivity index (χ4v) is 7.98. The third-order valence-corrected chi connectivity index (χ3v) is 9.99. The number of hydrogen-bond donors (Lipinski definition) is 2. The third kappa shape index (κ3) is 6.53. The number of carbonyl (C=O) groups excluding carboxylic acids is 4. The molecule has 3 fully saturated rings. The first-order valence-electron chi connectivity index (χ1n) is 16.5. The first kappa shape index (κ1) is 35.3. The van der Waals surface area contributed by atoms with Crippen LogP contribution in [0, 0.1) is 18.8 Å². The van der Waals surface area contributed by atoms with Crippen molar-refractivity contribution in [3.05, 3.63) is 90.0 Å². The number of aliphatic hydroxyl groups excluding tert-OH is 1. The van der Waals surface area contributed by atoms with E-state index in [4.69, 9.17) is 21.1 Å². The lowest BCUT2D eigenvalue weighted by Gasteiger charge is -2.37. The Kier molecular flexibility index (Phi) is 11.1. The number of benzene rings is 2. The molecule has 0 unspecified atom stereocenters. The summed E-state index contributed by atoms with van der Waals surface area (Å²) in [5.74, 6) is -3.55. The molecule has 3 aliphatic rings. The molecule has 2 bridgehead atoms. The standard InChI is InChI=1S/C37H44ClN3O7/c1-5-7-17-28(43)39-24(4)32(25-14-9-8-10-15-25)47-36(46)29-27-18-19-37(48-27)30(29)34(44)41(21-12-22-42)33(37)35(45)40(20-6-2)31-23(3)13-11-16-26(31)38/h5-6,8-11,13-16,24,27,29-30,32-33,42H,1-2,7,12,17-22H2,3-4H3,(H,39,43)/t24-,27+,29-,30-,32-,33+,37-/m1/s1. The Balaban J connectivity index is 1.48. The number of fused-ring (bicyclic) bond motifs is 1. The maximum atomic E-state index is 14.7. The number of amides is 3. The summed E-state index contributed by atoms with van der Waals surface area (Å²) in [6, 6.07) is 12.8. The molecule has 3 heterocycles. The molecule has 11 heteroatoms. The fraction of sp³-hybridized carbons (Fsp3) is 0.459. The molecule has 10 nitrogen and oxygen atoms in total. The van der Waals surface area contributed by atoms with Crippen LogP contribution in [0.1, 0.15) is 56.3 Å². The molecule has 2 aromatic rings. The molecule has 5 rings (SSSR count). The SMILES string of the molecule is C=CCCC(=O)N[C@H](C)[C@@H](OC(=O)[C@@H]1[C@@H]2CC[C@]3(O2)[C@H](C(=O)N(CC=C)c2c(C)cccc2Cl)N(CCCO)C(=O)[C@@H]13)c1ccccc1. The lowest BCUT2D eigenvalue weighted by molar-refractivity contribution is -0.162. The van der Waals surface area contributed by atoms with Gasteiger partial charge in [0.15, 0.2) is 0 Å². The van der Waals surface area contributed by atoms with Crippen LogP contribution in [0.5, 0.6) is 0 Å². The number of para-hydroxylation sites is 1. The Morgan fingerprint density at radius 2 is 1.94 bits per heavy atom. The van der Waals surface area contributed by atoms with Gasteiger partial charge in [-0.1, -0.05) is 66.2 Å². The average Bonchev–Trinajstić information content (AvgIpc) is 3.72. The highest BCUT2D eigenvalue weighted by molar-refractivity contribution is 6.34. The molecule has 2 N–H and O–H groups in total. The first-order valence-corrected chi connectivity index (χ1v) is 16.9. The number of nitrogens with zero attached hydrogens (tertiary/aromatic N) is 2. The van der Waals surface area contributed by atoms with Gasteiger partial charge in [-0.15, -0.1) is 13.2 Å². The summed E-state index contributed by atoms with van der Waals surface area (Å²) in [4.78, 5) is 58.9. The number of halogens is 1. The van der Waals surface area contributed by atoms with Crippen LogP contribution < -0.4 is 10.2 Å². The van der Waals surface area contributed by atoms with E-state index in [1.54, 1.807) is 31.2 Å². The van der Waals surface area contributed by atoms with E-state index in [9.17, 15) is 24.3 Å². The predicted octanol–water partition coefficient (Wildman–Crippen LogP) is 4.68. The molecule has 2 aromatic carbocycles. The van der Waals surface area contributed by atoms with Gasteiger partial charge in [-0.3, -0.25) is 19.2 Å². The van der Waals surface area contributed by atoms with Crippen molar-refractivity contribution < 1.29 is 33.8 Å². The number of esters is 1. The van der Waals surface area contributed by atoms with Crippen LogP contribution in [0.25, 0.3) is 0 Å². The number of ether oxygens (including phenoxy) is 2. The van der Waals surface area contributed by atoms with Crippen LogP contribution >= 0.6 is 11.6 Å². The Hall–Kier alpha value is -3.99. The van der Waals surface area contributed by atoms with Crippen molar-refractivity contribution in [2.45, 2.75) is 75.8 Å². The number of hydrogen-bond acceptors (Lipinski definition) is 7. The monoisotopic (exact) mass is 677 g/mol. The van der Waals surface area contributed by atoms with Crippen molar-refractivity contribution in [2.75, 3.05) is 24.6 Å². The molecular formula is C37H44ClN3O7. The number of aliphatic hydroxyl groups is 1. The van der Waals surface area contributed by atoms with Crippen molar-refractivity contribution in [2.24, 2.45) is 11.8 Å². The molecule has 3 aliphatic heterocycles. The summed E-state index contributed by atoms with van der Waals surface area (Å²) in [7, 11) is 0. The van der Waals surface area contributed by atoms with E-state index in [0.717, 1.165) is 5.56 Å². The zero-order valence-corrected chi connectivity index (χ0v) is 28.2. The highest BCUT2D eigenvalue weighted by atomic mass is 35.5. The normalized spacial score (nSPS) is 25.2. The number of likely N-dealkylation sites (tertiary alicyclic amines) is 1. The van der Waals surface area contributed by atoms with Gasteiger partial charge < -0.3 is 29.7 Å². The van der Waals surface area contributed by atoms with Crippen LogP contribution in [0.3, 0.4) is 0 Å². The molecule has 0 saturated carbocycles. The highest BCUT2D eigenvalue weighted by Crippen LogP contribution is 2.59. The fourth-order valence-electron chi connectivity index (χ4n) is 7.66. The van der Waals surface area contributed by atoms with E-state index < -0.39 is 53.6 Å². The largest absolute Gasteiger partial charge is 0.455 e. The van der Waals surface area contributed by atoms with Gasteiger partial charge in [0.05, 0.1) is 34.7 Å². The van der Waals surface area contributed by atoms with E-state index in [1.807, 2.05) is 43.3 Å². The summed E-state index contributed by atoms with van der Waals surface area (Å²) < 4.78 is 12.8. The minimum atomic E-state index is -1.28. The number of carbonyl (C=O) groups is 4. The Bertz CT molecular complexity index is 1530. The molecule has 0 aromatic heterocycles. The van der Waals surface area contributed by atoms with Gasteiger partial charge in [0.1, 0.15) is 17.7 Å².